The molecule has 26 heavy (non-hydrogen) atoms. The summed E-state index contributed by atoms with van der Waals surface area (Å²) in [4.78, 5) is 15.1. The molecule has 0 bridgehead atoms. The summed E-state index contributed by atoms with van der Waals surface area (Å²) < 4.78 is 5.78. The summed E-state index contributed by atoms with van der Waals surface area (Å²) >= 11 is 0. The maximum absolute atomic E-state index is 12.6. The van der Waals surface area contributed by atoms with Crippen LogP contribution in [0.15, 0.2) is 18.2 Å². The second-order valence-corrected chi connectivity index (χ2v) is 6.75. The van der Waals surface area contributed by atoms with Gasteiger partial charge in [0.05, 0.1) is 6.61 Å². The SMILES string of the molecule is CCCCN(CCCC)CCC(=O)c1ccc(OCCC)c(CC)c1.Cl. The first-order valence-electron chi connectivity index (χ1n) is 10.2. The lowest BCUT2D eigenvalue weighted by atomic mass is 10.0. The summed E-state index contributed by atoms with van der Waals surface area (Å²) in [5.41, 5.74) is 1.96. The Balaban J connectivity index is 0.00000625. The number of benzene rings is 1. The molecule has 0 aliphatic heterocycles. The summed E-state index contributed by atoms with van der Waals surface area (Å²) in [6, 6.07) is 5.92. The van der Waals surface area contributed by atoms with E-state index in [1.807, 2.05) is 18.2 Å². The lowest BCUT2D eigenvalue weighted by Gasteiger charge is -2.21. The van der Waals surface area contributed by atoms with Crippen LogP contribution in [0.25, 0.3) is 0 Å². The van der Waals surface area contributed by atoms with Crippen LogP contribution in [0.4, 0.5) is 0 Å². The molecule has 1 rings (SSSR count). The predicted octanol–water partition coefficient (Wildman–Crippen LogP) is 5.93. The second-order valence-electron chi connectivity index (χ2n) is 6.75. The third-order valence-corrected chi connectivity index (χ3v) is 4.54. The van der Waals surface area contributed by atoms with Gasteiger partial charge in [0.1, 0.15) is 5.75 Å². The highest BCUT2D eigenvalue weighted by molar-refractivity contribution is 5.96. The first-order valence-corrected chi connectivity index (χ1v) is 10.2. The van der Waals surface area contributed by atoms with E-state index in [1.165, 1.54) is 25.7 Å². The molecule has 0 saturated carbocycles. The molecular formula is C22H38ClNO2. The van der Waals surface area contributed by atoms with Crippen molar-refractivity contribution in [3.63, 3.8) is 0 Å². The van der Waals surface area contributed by atoms with Gasteiger partial charge in [0.2, 0.25) is 0 Å². The first-order chi connectivity index (χ1) is 12.2. The number of unbranched alkanes of at least 4 members (excludes halogenated alkanes) is 2. The Kier molecular flexibility index (Phi) is 14.4. The average molecular weight is 384 g/mol. The minimum absolute atomic E-state index is 0. The fourth-order valence-corrected chi connectivity index (χ4v) is 2.88. The van der Waals surface area contributed by atoms with Crippen molar-refractivity contribution in [3.8, 4) is 5.75 Å². The Bertz CT molecular complexity index is 497. The van der Waals surface area contributed by atoms with Crippen molar-refractivity contribution in [1.29, 1.82) is 0 Å². The Morgan fingerprint density at radius 2 is 1.62 bits per heavy atom. The third-order valence-electron chi connectivity index (χ3n) is 4.54. The number of hydrogen-bond donors (Lipinski definition) is 0. The smallest absolute Gasteiger partial charge is 0.164 e. The van der Waals surface area contributed by atoms with Crippen LogP contribution in [0.1, 0.15) is 82.1 Å². The first kappa shape index (κ1) is 24.9. The van der Waals surface area contributed by atoms with Crippen molar-refractivity contribution >= 4 is 18.2 Å². The van der Waals surface area contributed by atoms with Crippen molar-refractivity contribution in [2.24, 2.45) is 0 Å². The highest BCUT2D eigenvalue weighted by Gasteiger charge is 2.12. The second kappa shape index (κ2) is 15.0. The zero-order valence-electron chi connectivity index (χ0n) is 17.2. The molecule has 0 heterocycles. The highest BCUT2D eigenvalue weighted by Crippen LogP contribution is 2.22. The maximum Gasteiger partial charge on any atom is 0.164 e. The number of ether oxygens (including phenoxy) is 1. The Hall–Kier alpha value is -1.06. The van der Waals surface area contributed by atoms with Crippen LogP contribution in [0, 0.1) is 0 Å². The molecule has 150 valence electrons. The molecule has 0 unspecified atom stereocenters. The Labute approximate surface area is 166 Å². The minimum Gasteiger partial charge on any atom is -0.493 e. The number of aryl methyl sites for hydroxylation is 1. The lowest BCUT2D eigenvalue weighted by Crippen LogP contribution is -2.28. The third kappa shape index (κ3) is 9.05. The van der Waals surface area contributed by atoms with E-state index in [9.17, 15) is 4.79 Å². The van der Waals surface area contributed by atoms with Crippen LogP contribution in [0.5, 0.6) is 5.75 Å². The summed E-state index contributed by atoms with van der Waals surface area (Å²) in [6.45, 7) is 12.5. The van der Waals surface area contributed by atoms with Crippen molar-refractivity contribution in [2.45, 2.75) is 72.6 Å². The van der Waals surface area contributed by atoms with Gasteiger partial charge in [-0.25, -0.2) is 0 Å². The molecule has 0 aliphatic rings. The number of nitrogens with zero attached hydrogens (tertiary/aromatic N) is 1. The van der Waals surface area contributed by atoms with Crippen LogP contribution in [-0.4, -0.2) is 36.9 Å². The van der Waals surface area contributed by atoms with Crippen molar-refractivity contribution in [3.05, 3.63) is 29.3 Å². The average Bonchev–Trinajstić information content (AvgIpc) is 2.65. The molecule has 0 N–H and O–H groups in total. The van der Waals surface area contributed by atoms with E-state index in [-0.39, 0.29) is 18.2 Å². The molecule has 0 atom stereocenters. The fraction of sp³-hybridized carbons (Fsp3) is 0.682. The van der Waals surface area contributed by atoms with Gasteiger partial charge in [0.15, 0.2) is 5.78 Å². The van der Waals surface area contributed by atoms with Crippen LogP contribution >= 0.6 is 12.4 Å². The van der Waals surface area contributed by atoms with Gasteiger partial charge in [-0.05, 0) is 62.5 Å². The van der Waals surface area contributed by atoms with Crippen molar-refractivity contribution < 1.29 is 9.53 Å². The molecule has 0 aliphatic carbocycles. The van der Waals surface area contributed by atoms with Gasteiger partial charge in [-0.3, -0.25) is 4.79 Å². The number of carbonyl (C=O) groups is 1. The van der Waals surface area contributed by atoms with Gasteiger partial charge in [-0.2, -0.15) is 0 Å². The van der Waals surface area contributed by atoms with E-state index in [2.05, 4.69) is 32.6 Å². The summed E-state index contributed by atoms with van der Waals surface area (Å²) in [7, 11) is 0. The molecule has 3 nitrogen and oxygen atoms in total. The monoisotopic (exact) mass is 383 g/mol. The molecule has 0 fully saturated rings. The van der Waals surface area contributed by atoms with E-state index < -0.39 is 0 Å². The van der Waals surface area contributed by atoms with Crippen molar-refractivity contribution in [1.82, 2.24) is 4.90 Å². The number of ketones is 1. The number of halogens is 1. The van der Waals surface area contributed by atoms with Crippen LogP contribution < -0.4 is 4.74 Å². The number of hydrogen-bond acceptors (Lipinski definition) is 3. The van der Waals surface area contributed by atoms with Crippen LogP contribution in [0.2, 0.25) is 0 Å². The summed E-state index contributed by atoms with van der Waals surface area (Å²) in [6.07, 6.45) is 7.31. The molecule has 0 saturated heterocycles. The lowest BCUT2D eigenvalue weighted by molar-refractivity contribution is 0.0963. The Morgan fingerprint density at radius 1 is 0.962 bits per heavy atom. The molecular weight excluding hydrogens is 346 g/mol. The zero-order valence-corrected chi connectivity index (χ0v) is 18.0. The zero-order chi connectivity index (χ0) is 18.5. The molecule has 0 radical (unpaired) electrons. The standard InChI is InChI=1S/C22H37NO2.ClH/c1-5-9-14-23(15-10-6-2)16-13-21(24)20-11-12-22(25-17-7-3)19(8-4)18-20;/h11-12,18H,5-10,13-17H2,1-4H3;1H. The van der Waals surface area contributed by atoms with Crippen LogP contribution in [0.3, 0.4) is 0 Å². The van der Waals surface area contributed by atoms with Gasteiger partial charge in [0, 0.05) is 18.5 Å². The van der Waals surface area contributed by atoms with Gasteiger partial charge in [-0.1, -0.05) is 40.5 Å². The largest absolute Gasteiger partial charge is 0.493 e. The molecule has 4 heteroatoms. The predicted molar refractivity (Wildman–Crippen MR) is 114 cm³/mol. The minimum atomic E-state index is 0. The summed E-state index contributed by atoms with van der Waals surface area (Å²) in [5, 5.41) is 0. The maximum atomic E-state index is 12.6. The highest BCUT2D eigenvalue weighted by atomic mass is 35.5. The van der Waals surface area contributed by atoms with Crippen molar-refractivity contribution in [2.75, 3.05) is 26.2 Å². The van der Waals surface area contributed by atoms with Gasteiger partial charge < -0.3 is 9.64 Å². The number of Topliss-reactive ketones (excluding diaryl/α,β-unsaturated/α-hetero) is 1. The van der Waals surface area contributed by atoms with Gasteiger partial charge in [-0.15, -0.1) is 12.4 Å². The van der Waals surface area contributed by atoms with Crippen LogP contribution in [-0.2, 0) is 6.42 Å². The summed E-state index contributed by atoms with van der Waals surface area (Å²) in [5.74, 6) is 1.17. The number of carbonyl (C=O) groups excluding carboxylic acids is 1. The number of rotatable bonds is 14. The van der Waals surface area contributed by atoms with Gasteiger partial charge in [0.25, 0.3) is 0 Å². The molecule has 1 aromatic carbocycles. The quantitative estimate of drug-likeness (QED) is 0.372. The van der Waals surface area contributed by atoms with Gasteiger partial charge >= 0.3 is 0 Å². The Morgan fingerprint density at radius 3 is 2.15 bits per heavy atom. The fourth-order valence-electron chi connectivity index (χ4n) is 2.88. The molecule has 0 amide bonds. The molecule has 0 spiro atoms. The van der Waals surface area contributed by atoms with E-state index in [1.54, 1.807) is 0 Å². The van der Waals surface area contributed by atoms with E-state index in [0.717, 1.165) is 56.0 Å². The molecule has 1 aromatic rings. The van der Waals surface area contributed by atoms with E-state index >= 15 is 0 Å². The normalized spacial score (nSPS) is 10.7. The van der Waals surface area contributed by atoms with E-state index in [0.29, 0.717) is 6.42 Å². The topological polar surface area (TPSA) is 29.5 Å². The van der Waals surface area contributed by atoms with E-state index in [4.69, 9.17) is 4.74 Å². The molecule has 0 aromatic heterocycles.